The van der Waals surface area contributed by atoms with E-state index in [1.165, 1.54) is 11.8 Å². The molecule has 15 heavy (non-hydrogen) atoms. The average molecular weight is 207 g/mol. The van der Waals surface area contributed by atoms with E-state index in [0.29, 0.717) is 5.69 Å². The third-order valence-electron chi connectivity index (χ3n) is 2.19. The Morgan fingerprint density at radius 2 is 2.27 bits per heavy atom. The molecule has 1 aromatic rings. The summed E-state index contributed by atoms with van der Waals surface area (Å²) in [5.41, 5.74) is 0.234. The van der Waals surface area contributed by atoms with E-state index in [0.717, 1.165) is 0 Å². The number of esters is 1. The summed E-state index contributed by atoms with van der Waals surface area (Å²) in [6.45, 7) is 3.54. The van der Waals surface area contributed by atoms with Crippen molar-refractivity contribution < 1.29 is 9.53 Å². The van der Waals surface area contributed by atoms with Crippen LogP contribution in [0.2, 0.25) is 0 Å². The summed E-state index contributed by atoms with van der Waals surface area (Å²) in [5, 5.41) is 13.0. The molecule has 0 aliphatic heterocycles. The Hall–Kier alpha value is -1.83. The molecule has 5 nitrogen and oxygen atoms in total. The third kappa shape index (κ3) is 1.99. The monoisotopic (exact) mass is 207 g/mol. The fraction of sp³-hybridized carbons (Fsp3) is 0.500. The van der Waals surface area contributed by atoms with Crippen molar-refractivity contribution in [2.24, 2.45) is 7.05 Å². The summed E-state index contributed by atoms with van der Waals surface area (Å²) < 4.78 is 6.08. The molecule has 0 spiro atoms. The number of carbonyl (C=O) groups excluding carboxylic acids is 1. The number of aromatic nitrogens is 2. The van der Waals surface area contributed by atoms with Gasteiger partial charge in [0, 0.05) is 7.05 Å². The molecule has 1 heterocycles. The highest BCUT2D eigenvalue weighted by atomic mass is 16.5. The molecule has 80 valence electrons. The molecule has 0 N–H and O–H groups in total. The second-order valence-corrected chi connectivity index (χ2v) is 3.77. The molecule has 0 saturated heterocycles. The summed E-state index contributed by atoms with van der Waals surface area (Å²) >= 11 is 0. The second-order valence-electron chi connectivity index (χ2n) is 3.77. The number of rotatable bonds is 2. The Kier molecular flexibility index (Phi) is 2.80. The van der Waals surface area contributed by atoms with E-state index in [1.54, 1.807) is 27.0 Å². The highest BCUT2D eigenvalue weighted by Gasteiger charge is 2.26. The molecule has 0 radical (unpaired) electrons. The number of methoxy groups -OCH3 is 1. The van der Waals surface area contributed by atoms with Crippen LogP contribution in [0.25, 0.3) is 0 Å². The highest BCUT2D eigenvalue weighted by Crippen LogP contribution is 2.22. The Balaban J connectivity index is 3.19. The van der Waals surface area contributed by atoms with Gasteiger partial charge in [-0.25, -0.2) is 4.79 Å². The maximum atomic E-state index is 11.2. The van der Waals surface area contributed by atoms with Crippen molar-refractivity contribution in [3.63, 3.8) is 0 Å². The molecular weight excluding hydrogens is 194 g/mol. The summed E-state index contributed by atoms with van der Waals surface area (Å²) in [7, 11) is 2.99. The highest BCUT2D eigenvalue weighted by molar-refractivity contribution is 5.87. The zero-order chi connectivity index (χ0) is 11.6. The maximum absolute atomic E-state index is 11.2. The minimum Gasteiger partial charge on any atom is -0.464 e. The fourth-order valence-corrected chi connectivity index (χ4v) is 1.31. The normalized spacial score (nSPS) is 10.9. The molecule has 0 aliphatic rings. The molecule has 0 aromatic carbocycles. The first-order valence-corrected chi connectivity index (χ1v) is 4.46. The minimum absolute atomic E-state index is 0.221. The maximum Gasteiger partial charge on any atom is 0.358 e. The van der Waals surface area contributed by atoms with Crippen LogP contribution in [0.15, 0.2) is 6.07 Å². The predicted octanol–water partition coefficient (Wildman–Crippen LogP) is 1.01. The third-order valence-corrected chi connectivity index (χ3v) is 2.19. The fourth-order valence-electron chi connectivity index (χ4n) is 1.31. The van der Waals surface area contributed by atoms with Gasteiger partial charge in [0.2, 0.25) is 0 Å². The van der Waals surface area contributed by atoms with Gasteiger partial charge >= 0.3 is 5.97 Å². The SMILES string of the molecule is COC(=O)c1cc(C(C)(C)C#N)n(C)n1. The quantitative estimate of drug-likeness (QED) is 0.678. The smallest absolute Gasteiger partial charge is 0.358 e. The van der Waals surface area contributed by atoms with Gasteiger partial charge in [0.05, 0.1) is 24.3 Å². The predicted molar refractivity (Wildman–Crippen MR) is 53.2 cm³/mol. The van der Waals surface area contributed by atoms with Crippen molar-refractivity contribution in [1.29, 1.82) is 5.26 Å². The van der Waals surface area contributed by atoms with Crippen molar-refractivity contribution in [3.8, 4) is 6.07 Å². The zero-order valence-corrected chi connectivity index (χ0v) is 9.24. The van der Waals surface area contributed by atoms with Crippen LogP contribution in [0.5, 0.6) is 0 Å². The van der Waals surface area contributed by atoms with Crippen molar-refractivity contribution in [2.75, 3.05) is 7.11 Å². The molecular formula is C10H13N3O2. The molecule has 0 fully saturated rings. The van der Waals surface area contributed by atoms with Crippen LogP contribution in [0.1, 0.15) is 30.0 Å². The summed E-state index contributed by atoms with van der Waals surface area (Å²) in [6.07, 6.45) is 0. The van der Waals surface area contributed by atoms with Crippen LogP contribution in [-0.2, 0) is 17.2 Å². The first-order chi connectivity index (χ1) is 6.92. The Morgan fingerprint density at radius 3 is 2.73 bits per heavy atom. The second kappa shape index (κ2) is 3.73. The van der Waals surface area contributed by atoms with Gasteiger partial charge in [0.15, 0.2) is 5.69 Å². The van der Waals surface area contributed by atoms with Crippen LogP contribution < -0.4 is 0 Å². The van der Waals surface area contributed by atoms with Gasteiger partial charge in [-0.15, -0.1) is 0 Å². The van der Waals surface area contributed by atoms with Gasteiger partial charge in [-0.2, -0.15) is 10.4 Å². The standard InChI is InChI=1S/C10H13N3O2/c1-10(2,6-11)8-5-7(9(14)15-4)12-13(8)3/h5H,1-4H3. The van der Waals surface area contributed by atoms with E-state index in [-0.39, 0.29) is 5.69 Å². The summed E-state index contributed by atoms with van der Waals surface area (Å²) in [5.74, 6) is -0.495. The molecule has 0 bridgehead atoms. The number of hydrogen-bond donors (Lipinski definition) is 0. The van der Waals surface area contributed by atoms with Crippen molar-refractivity contribution in [3.05, 3.63) is 17.5 Å². The summed E-state index contributed by atoms with van der Waals surface area (Å²) in [4.78, 5) is 11.2. The molecule has 0 saturated carbocycles. The molecule has 5 heteroatoms. The number of ether oxygens (including phenoxy) is 1. The number of nitrogens with zero attached hydrogens (tertiary/aromatic N) is 3. The van der Waals surface area contributed by atoms with E-state index in [9.17, 15) is 4.79 Å². The van der Waals surface area contributed by atoms with E-state index in [4.69, 9.17) is 5.26 Å². The summed E-state index contributed by atoms with van der Waals surface area (Å²) in [6, 6.07) is 3.73. The largest absolute Gasteiger partial charge is 0.464 e. The van der Waals surface area contributed by atoms with E-state index in [2.05, 4.69) is 15.9 Å². The van der Waals surface area contributed by atoms with Crippen molar-refractivity contribution >= 4 is 5.97 Å². The number of aryl methyl sites for hydroxylation is 1. The van der Waals surface area contributed by atoms with Gasteiger partial charge in [-0.3, -0.25) is 4.68 Å². The first-order valence-electron chi connectivity index (χ1n) is 4.46. The number of carbonyl (C=O) groups is 1. The van der Waals surface area contributed by atoms with Gasteiger partial charge in [0.25, 0.3) is 0 Å². The Morgan fingerprint density at radius 1 is 1.67 bits per heavy atom. The topological polar surface area (TPSA) is 67.9 Å². The molecule has 1 rings (SSSR count). The first kappa shape index (κ1) is 11.2. The van der Waals surface area contributed by atoms with Gasteiger partial charge < -0.3 is 4.74 Å². The molecule has 0 atom stereocenters. The average Bonchev–Trinajstić information content (AvgIpc) is 2.60. The molecule has 0 aliphatic carbocycles. The van der Waals surface area contributed by atoms with Crippen molar-refractivity contribution in [1.82, 2.24) is 9.78 Å². The Bertz CT molecular complexity index is 426. The van der Waals surface area contributed by atoms with Gasteiger partial charge in [-0.05, 0) is 19.9 Å². The van der Waals surface area contributed by atoms with E-state index >= 15 is 0 Å². The lowest BCUT2D eigenvalue weighted by Gasteiger charge is -2.14. The van der Waals surface area contributed by atoms with Gasteiger partial charge in [-0.1, -0.05) is 0 Å². The van der Waals surface area contributed by atoms with Crippen LogP contribution in [-0.4, -0.2) is 22.9 Å². The van der Waals surface area contributed by atoms with E-state index in [1.807, 2.05) is 0 Å². The van der Waals surface area contributed by atoms with Crippen LogP contribution in [0, 0.1) is 11.3 Å². The van der Waals surface area contributed by atoms with E-state index < -0.39 is 11.4 Å². The van der Waals surface area contributed by atoms with Crippen LogP contribution >= 0.6 is 0 Å². The lowest BCUT2D eigenvalue weighted by molar-refractivity contribution is 0.0593. The van der Waals surface area contributed by atoms with Crippen molar-refractivity contribution in [2.45, 2.75) is 19.3 Å². The Labute approximate surface area is 88.3 Å². The van der Waals surface area contributed by atoms with Gasteiger partial charge in [0.1, 0.15) is 0 Å². The zero-order valence-electron chi connectivity index (χ0n) is 9.24. The molecule has 1 aromatic heterocycles. The molecule has 0 amide bonds. The lowest BCUT2D eigenvalue weighted by atomic mass is 9.91. The van der Waals surface area contributed by atoms with Crippen LogP contribution in [0.3, 0.4) is 0 Å². The number of nitriles is 1. The minimum atomic E-state index is -0.673. The lowest BCUT2D eigenvalue weighted by Crippen LogP contribution is -2.18. The molecule has 0 unspecified atom stereocenters. The number of hydrogen-bond acceptors (Lipinski definition) is 4. The van der Waals surface area contributed by atoms with Crippen LogP contribution in [0.4, 0.5) is 0 Å².